The van der Waals surface area contributed by atoms with Crippen molar-refractivity contribution >= 4 is 23.0 Å². The minimum Gasteiger partial charge on any atom is -0.449 e. The quantitative estimate of drug-likeness (QED) is 0.834. The number of benzene rings is 1. The van der Waals surface area contributed by atoms with Gasteiger partial charge in [-0.2, -0.15) is 0 Å². The van der Waals surface area contributed by atoms with Crippen molar-refractivity contribution in [1.29, 1.82) is 0 Å². The number of aromatic nitrogens is 1. The van der Waals surface area contributed by atoms with Crippen LogP contribution in [-0.4, -0.2) is 23.5 Å². The lowest BCUT2D eigenvalue weighted by Crippen LogP contribution is -2.15. The summed E-state index contributed by atoms with van der Waals surface area (Å²) in [6.45, 7) is -0.152. The summed E-state index contributed by atoms with van der Waals surface area (Å²) in [6, 6.07) is 3.76. The molecule has 1 aromatic heterocycles. The molecule has 1 amide bonds. The normalized spacial score (nSPS) is 10.5. The first-order valence-electron chi connectivity index (χ1n) is 5.08. The Hall–Kier alpha value is -2.44. The van der Waals surface area contributed by atoms with Crippen LogP contribution in [0.1, 0.15) is 17.1 Å². The lowest BCUT2D eigenvalue weighted by atomic mass is 10.3. The van der Waals surface area contributed by atoms with E-state index in [2.05, 4.69) is 9.72 Å². The Morgan fingerprint density at radius 2 is 2.22 bits per heavy atom. The number of ether oxygens (including phenoxy) is 1. The van der Waals surface area contributed by atoms with Crippen LogP contribution in [-0.2, 0) is 4.74 Å². The maximum absolute atomic E-state index is 12.9. The monoisotopic (exact) mass is 252 g/mol. The molecular formula is C11H9FN2O4. The van der Waals surface area contributed by atoms with E-state index in [9.17, 15) is 14.0 Å². The number of ketones is 1. The molecule has 0 saturated heterocycles. The highest BCUT2D eigenvalue weighted by molar-refractivity contribution is 5.94. The highest BCUT2D eigenvalue weighted by Crippen LogP contribution is 2.17. The molecule has 0 aliphatic heterocycles. The summed E-state index contributed by atoms with van der Waals surface area (Å²) < 4.78 is 22.4. The maximum Gasteiger partial charge on any atom is 0.404 e. The molecule has 1 heterocycles. The Labute approximate surface area is 101 Å². The van der Waals surface area contributed by atoms with Gasteiger partial charge in [0, 0.05) is 6.07 Å². The molecule has 2 rings (SSSR count). The number of carbonyl (C=O) groups excluding carboxylic acids is 2. The standard InChI is InChI=1S/C11H9FN2O4/c12-6-1-2-7-9(5-6)18-10(14-7)8(15)3-4-17-11(13)16/h1-2,5H,3-4H2,(H2,13,16). The highest BCUT2D eigenvalue weighted by atomic mass is 19.1. The van der Waals surface area contributed by atoms with Crippen LogP contribution in [0.4, 0.5) is 9.18 Å². The van der Waals surface area contributed by atoms with Crippen LogP contribution in [0.3, 0.4) is 0 Å². The molecule has 0 spiro atoms. The van der Waals surface area contributed by atoms with Crippen molar-refractivity contribution in [1.82, 2.24) is 4.98 Å². The maximum atomic E-state index is 12.9. The van der Waals surface area contributed by atoms with Gasteiger partial charge in [-0.05, 0) is 12.1 Å². The van der Waals surface area contributed by atoms with Crippen LogP contribution in [0.25, 0.3) is 11.1 Å². The van der Waals surface area contributed by atoms with E-state index in [0.29, 0.717) is 5.52 Å². The number of Topliss-reactive ketones (excluding diaryl/α,β-unsaturated/α-hetero) is 1. The van der Waals surface area contributed by atoms with Gasteiger partial charge in [-0.3, -0.25) is 4.79 Å². The van der Waals surface area contributed by atoms with Crippen LogP contribution in [0.5, 0.6) is 0 Å². The summed E-state index contributed by atoms with van der Waals surface area (Å²) in [6.07, 6.45) is -1.06. The van der Waals surface area contributed by atoms with Crippen LogP contribution in [0, 0.1) is 5.82 Å². The molecule has 0 fully saturated rings. The fourth-order valence-electron chi connectivity index (χ4n) is 1.37. The van der Waals surface area contributed by atoms with Crippen LogP contribution < -0.4 is 5.73 Å². The summed E-state index contributed by atoms with van der Waals surface area (Å²) in [4.78, 5) is 25.8. The summed E-state index contributed by atoms with van der Waals surface area (Å²) in [5, 5.41) is 0. The Morgan fingerprint density at radius 3 is 2.94 bits per heavy atom. The number of amides is 1. The molecule has 2 N–H and O–H groups in total. The van der Waals surface area contributed by atoms with Gasteiger partial charge in [-0.1, -0.05) is 0 Å². The van der Waals surface area contributed by atoms with Gasteiger partial charge in [0.2, 0.25) is 5.78 Å². The zero-order chi connectivity index (χ0) is 13.1. The first-order chi connectivity index (χ1) is 8.56. The van der Waals surface area contributed by atoms with E-state index in [1.54, 1.807) is 0 Å². The SMILES string of the molecule is NC(=O)OCCC(=O)c1nc2ccc(F)cc2o1. The second-order valence-electron chi connectivity index (χ2n) is 3.47. The van der Waals surface area contributed by atoms with E-state index >= 15 is 0 Å². The lowest BCUT2D eigenvalue weighted by molar-refractivity contribution is 0.0908. The van der Waals surface area contributed by atoms with E-state index in [0.717, 1.165) is 6.07 Å². The molecule has 18 heavy (non-hydrogen) atoms. The first kappa shape index (κ1) is 12.0. The number of oxazole rings is 1. The molecule has 1 aromatic carbocycles. The Morgan fingerprint density at radius 1 is 1.44 bits per heavy atom. The number of hydrogen-bond donors (Lipinski definition) is 1. The van der Waals surface area contributed by atoms with Crippen molar-refractivity contribution < 1.29 is 23.1 Å². The van der Waals surface area contributed by atoms with E-state index in [-0.39, 0.29) is 24.5 Å². The van der Waals surface area contributed by atoms with Crippen molar-refractivity contribution in [2.24, 2.45) is 5.73 Å². The van der Waals surface area contributed by atoms with Gasteiger partial charge in [0.15, 0.2) is 5.58 Å². The van der Waals surface area contributed by atoms with E-state index < -0.39 is 17.7 Å². The molecule has 7 heteroatoms. The third-order valence-corrected chi connectivity index (χ3v) is 2.16. The molecular weight excluding hydrogens is 243 g/mol. The van der Waals surface area contributed by atoms with Crippen molar-refractivity contribution in [3.8, 4) is 0 Å². The summed E-state index contributed by atoms with van der Waals surface area (Å²) in [7, 11) is 0. The molecule has 0 saturated carbocycles. The lowest BCUT2D eigenvalue weighted by Gasteiger charge is -1.97. The van der Waals surface area contributed by atoms with Gasteiger partial charge in [0.25, 0.3) is 5.89 Å². The predicted octanol–water partition coefficient (Wildman–Crippen LogP) is 1.64. The first-order valence-corrected chi connectivity index (χ1v) is 5.08. The van der Waals surface area contributed by atoms with E-state index in [1.165, 1.54) is 12.1 Å². The number of carbonyl (C=O) groups is 2. The number of nitrogens with zero attached hydrogens (tertiary/aromatic N) is 1. The summed E-state index contributed by atoms with van der Waals surface area (Å²) in [5.41, 5.74) is 5.32. The van der Waals surface area contributed by atoms with E-state index in [4.69, 9.17) is 10.2 Å². The molecule has 0 aliphatic rings. The molecule has 94 valence electrons. The molecule has 0 aliphatic carbocycles. The number of nitrogens with two attached hydrogens (primary N) is 1. The zero-order valence-electron chi connectivity index (χ0n) is 9.18. The average Bonchev–Trinajstić information content (AvgIpc) is 2.71. The zero-order valence-corrected chi connectivity index (χ0v) is 9.18. The largest absolute Gasteiger partial charge is 0.449 e. The Balaban J connectivity index is 2.10. The van der Waals surface area contributed by atoms with Crippen molar-refractivity contribution in [2.75, 3.05) is 6.61 Å². The third-order valence-electron chi connectivity index (χ3n) is 2.16. The van der Waals surface area contributed by atoms with Crippen LogP contribution in [0.15, 0.2) is 22.6 Å². The Kier molecular flexibility index (Phi) is 3.22. The van der Waals surface area contributed by atoms with Crippen molar-refractivity contribution in [2.45, 2.75) is 6.42 Å². The van der Waals surface area contributed by atoms with Gasteiger partial charge in [-0.25, -0.2) is 14.2 Å². The fraction of sp³-hybridized carbons (Fsp3) is 0.182. The van der Waals surface area contributed by atoms with Crippen molar-refractivity contribution in [3.05, 3.63) is 29.9 Å². The smallest absolute Gasteiger partial charge is 0.404 e. The highest BCUT2D eigenvalue weighted by Gasteiger charge is 2.15. The second kappa shape index (κ2) is 4.82. The predicted molar refractivity (Wildman–Crippen MR) is 58.4 cm³/mol. The topological polar surface area (TPSA) is 95.4 Å². The number of hydrogen-bond acceptors (Lipinski definition) is 5. The van der Waals surface area contributed by atoms with Gasteiger partial charge in [-0.15, -0.1) is 0 Å². The number of rotatable bonds is 4. The number of fused-ring (bicyclic) bond motifs is 1. The minimum absolute atomic E-state index is 0.0990. The third kappa shape index (κ3) is 2.62. The van der Waals surface area contributed by atoms with Gasteiger partial charge in [0.1, 0.15) is 17.9 Å². The van der Waals surface area contributed by atoms with Gasteiger partial charge >= 0.3 is 6.09 Å². The van der Waals surface area contributed by atoms with Gasteiger partial charge in [0.05, 0.1) is 6.42 Å². The molecule has 2 aromatic rings. The molecule has 6 nitrogen and oxygen atoms in total. The summed E-state index contributed by atoms with van der Waals surface area (Å²) in [5.74, 6) is -1.08. The average molecular weight is 252 g/mol. The molecule has 0 bridgehead atoms. The number of halogens is 1. The minimum atomic E-state index is -0.956. The van der Waals surface area contributed by atoms with Gasteiger partial charge < -0.3 is 14.9 Å². The number of primary amides is 1. The molecule has 0 radical (unpaired) electrons. The van der Waals surface area contributed by atoms with Crippen LogP contribution in [0.2, 0.25) is 0 Å². The summed E-state index contributed by atoms with van der Waals surface area (Å²) >= 11 is 0. The fourth-order valence-corrected chi connectivity index (χ4v) is 1.37. The molecule has 0 unspecified atom stereocenters. The van der Waals surface area contributed by atoms with Crippen LogP contribution >= 0.6 is 0 Å². The Bertz CT molecular complexity index is 608. The van der Waals surface area contributed by atoms with E-state index in [1.807, 2.05) is 0 Å². The molecule has 0 atom stereocenters. The second-order valence-corrected chi connectivity index (χ2v) is 3.47. The van der Waals surface area contributed by atoms with Crippen molar-refractivity contribution in [3.63, 3.8) is 0 Å².